The molecule has 0 saturated heterocycles. The summed E-state index contributed by atoms with van der Waals surface area (Å²) in [5.41, 5.74) is 2.34. The number of nitrogens with zero attached hydrogens (tertiary/aromatic N) is 1. The van der Waals surface area contributed by atoms with E-state index in [9.17, 15) is 15.0 Å². The Morgan fingerprint density at radius 3 is 2.67 bits per heavy atom. The second kappa shape index (κ2) is 6.47. The van der Waals surface area contributed by atoms with Crippen LogP contribution in [0.3, 0.4) is 0 Å². The summed E-state index contributed by atoms with van der Waals surface area (Å²) in [6, 6.07) is 1.91. The number of aromatic nitrogens is 1. The highest BCUT2D eigenvalue weighted by Gasteiger charge is 2.21. The summed E-state index contributed by atoms with van der Waals surface area (Å²) >= 11 is 0. The maximum atomic E-state index is 10.7. The van der Waals surface area contributed by atoms with E-state index in [2.05, 4.69) is 10.3 Å². The molecule has 100 valence electrons. The summed E-state index contributed by atoms with van der Waals surface area (Å²) in [6.45, 7) is 5.51. The average Bonchev–Trinajstić information content (AvgIpc) is 2.27. The number of rotatable bonds is 5. The van der Waals surface area contributed by atoms with Crippen molar-refractivity contribution < 1.29 is 15.0 Å². The quantitative estimate of drug-likeness (QED) is 0.717. The van der Waals surface area contributed by atoms with Crippen LogP contribution in [-0.4, -0.2) is 33.8 Å². The van der Waals surface area contributed by atoms with E-state index >= 15 is 0 Å². The molecule has 3 N–H and O–H groups in total. The summed E-state index contributed by atoms with van der Waals surface area (Å²) in [4.78, 5) is 14.8. The monoisotopic (exact) mass is 252 g/mol. The van der Waals surface area contributed by atoms with Gasteiger partial charge in [0, 0.05) is 19.7 Å². The van der Waals surface area contributed by atoms with Crippen LogP contribution in [0.1, 0.15) is 36.3 Å². The fourth-order valence-corrected chi connectivity index (χ4v) is 1.77. The van der Waals surface area contributed by atoms with Gasteiger partial charge in [-0.1, -0.05) is 6.07 Å². The molecule has 0 radical (unpaired) electrons. The molecule has 0 bridgehead atoms. The highest BCUT2D eigenvalue weighted by molar-refractivity contribution is 5.72. The van der Waals surface area contributed by atoms with Gasteiger partial charge in [0.2, 0.25) is 5.91 Å². The van der Waals surface area contributed by atoms with Crippen LogP contribution in [-0.2, 0) is 4.79 Å². The third-order valence-electron chi connectivity index (χ3n) is 2.71. The summed E-state index contributed by atoms with van der Waals surface area (Å²) < 4.78 is 0. The molecule has 2 atom stereocenters. The summed E-state index contributed by atoms with van der Waals surface area (Å²) in [5, 5.41) is 22.4. The van der Waals surface area contributed by atoms with Crippen molar-refractivity contribution in [3.63, 3.8) is 0 Å². The molecule has 2 unspecified atom stereocenters. The summed E-state index contributed by atoms with van der Waals surface area (Å²) in [7, 11) is 0. The third-order valence-corrected chi connectivity index (χ3v) is 2.71. The Balaban J connectivity index is 2.62. The smallest absolute Gasteiger partial charge is 0.216 e. The number of amides is 1. The van der Waals surface area contributed by atoms with Crippen LogP contribution in [0.2, 0.25) is 0 Å². The summed E-state index contributed by atoms with van der Waals surface area (Å²) in [6.07, 6.45) is -0.0212. The topological polar surface area (TPSA) is 82.5 Å². The Labute approximate surface area is 107 Å². The number of carbonyl (C=O) groups is 1. The van der Waals surface area contributed by atoms with Gasteiger partial charge in [-0.3, -0.25) is 9.78 Å². The number of pyridine rings is 1. The highest BCUT2D eigenvalue weighted by Crippen LogP contribution is 2.20. The van der Waals surface area contributed by atoms with Gasteiger partial charge in [-0.25, -0.2) is 0 Å². The number of aliphatic hydroxyl groups is 2. The van der Waals surface area contributed by atoms with E-state index < -0.39 is 12.2 Å². The van der Waals surface area contributed by atoms with E-state index in [1.165, 1.54) is 6.92 Å². The van der Waals surface area contributed by atoms with Gasteiger partial charge < -0.3 is 15.5 Å². The van der Waals surface area contributed by atoms with Crippen molar-refractivity contribution in [1.29, 1.82) is 0 Å². The Hall–Kier alpha value is -1.46. The molecular formula is C13H20N2O3. The molecule has 5 heteroatoms. The molecule has 0 aliphatic heterocycles. The van der Waals surface area contributed by atoms with Gasteiger partial charge in [0.15, 0.2) is 0 Å². The third kappa shape index (κ3) is 4.09. The number of aryl methyl sites for hydroxylation is 2. The minimum Gasteiger partial charge on any atom is -0.390 e. The van der Waals surface area contributed by atoms with Crippen molar-refractivity contribution in [2.24, 2.45) is 0 Å². The first-order valence-electron chi connectivity index (χ1n) is 5.95. The second-order valence-corrected chi connectivity index (χ2v) is 4.50. The van der Waals surface area contributed by atoms with Gasteiger partial charge in [0.25, 0.3) is 0 Å². The predicted octanol–water partition coefficient (Wildman–Crippen LogP) is 0.619. The van der Waals surface area contributed by atoms with Crippen LogP contribution >= 0.6 is 0 Å². The SMILES string of the molecule is CC(=O)NCCC(O)C(O)c1ncc(C)cc1C. The molecule has 0 aliphatic rings. The van der Waals surface area contributed by atoms with Crippen molar-refractivity contribution >= 4 is 5.91 Å². The van der Waals surface area contributed by atoms with Gasteiger partial charge >= 0.3 is 0 Å². The lowest BCUT2D eigenvalue weighted by atomic mass is 10.0. The molecule has 0 saturated carbocycles. The van der Waals surface area contributed by atoms with E-state index in [0.29, 0.717) is 12.2 Å². The number of carbonyl (C=O) groups excluding carboxylic acids is 1. The minimum atomic E-state index is -1.03. The Bertz CT molecular complexity index is 421. The normalized spacial score (nSPS) is 14.1. The molecule has 0 aliphatic carbocycles. The van der Waals surface area contributed by atoms with Crippen molar-refractivity contribution in [3.8, 4) is 0 Å². The van der Waals surface area contributed by atoms with Crippen molar-refractivity contribution in [2.45, 2.75) is 39.4 Å². The number of nitrogens with one attached hydrogen (secondary N) is 1. The Kier molecular flexibility index (Phi) is 5.25. The van der Waals surface area contributed by atoms with Crippen LogP contribution in [0.25, 0.3) is 0 Å². The Morgan fingerprint density at radius 1 is 1.44 bits per heavy atom. The maximum Gasteiger partial charge on any atom is 0.216 e. The van der Waals surface area contributed by atoms with Crippen LogP contribution in [0.15, 0.2) is 12.3 Å². The van der Waals surface area contributed by atoms with E-state index in [1.54, 1.807) is 6.20 Å². The molecule has 0 fully saturated rings. The van der Waals surface area contributed by atoms with Crippen molar-refractivity contribution in [2.75, 3.05) is 6.54 Å². The molecule has 18 heavy (non-hydrogen) atoms. The largest absolute Gasteiger partial charge is 0.390 e. The molecule has 1 aromatic heterocycles. The van der Waals surface area contributed by atoms with Crippen LogP contribution < -0.4 is 5.32 Å². The van der Waals surface area contributed by atoms with Crippen LogP contribution in [0.5, 0.6) is 0 Å². The number of aliphatic hydroxyl groups excluding tert-OH is 2. The van der Waals surface area contributed by atoms with E-state index in [-0.39, 0.29) is 12.3 Å². The molecule has 1 rings (SSSR count). The molecule has 1 aromatic rings. The standard InChI is InChI=1S/C13H20N2O3/c1-8-6-9(2)12(15-7-8)13(18)11(17)4-5-14-10(3)16/h6-7,11,13,17-18H,4-5H2,1-3H3,(H,14,16). The minimum absolute atomic E-state index is 0.152. The first kappa shape index (κ1) is 14.6. The highest BCUT2D eigenvalue weighted by atomic mass is 16.3. The van der Waals surface area contributed by atoms with Crippen LogP contribution in [0, 0.1) is 13.8 Å². The predicted molar refractivity (Wildman–Crippen MR) is 68.0 cm³/mol. The van der Waals surface area contributed by atoms with Gasteiger partial charge in [0.1, 0.15) is 6.10 Å². The number of hydrogen-bond donors (Lipinski definition) is 3. The van der Waals surface area contributed by atoms with Gasteiger partial charge in [0.05, 0.1) is 11.8 Å². The fourth-order valence-electron chi connectivity index (χ4n) is 1.77. The summed E-state index contributed by atoms with van der Waals surface area (Å²) in [5.74, 6) is -0.152. The van der Waals surface area contributed by atoms with Crippen molar-refractivity contribution in [1.82, 2.24) is 10.3 Å². The lowest BCUT2D eigenvalue weighted by molar-refractivity contribution is -0.119. The van der Waals surface area contributed by atoms with Crippen LogP contribution in [0.4, 0.5) is 0 Å². The molecule has 1 heterocycles. The molecule has 0 aromatic carbocycles. The zero-order valence-corrected chi connectivity index (χ0v) is 11.0. The lowest BCUT2D eigenvalue weighted by Gasteiger charge is -2.19. The first-order chi connectivity index (χ1) is 8.41. The number of hydrogen-bond acceptors (Lipinski definition) is 4. The Morgan fingerprint density at radius 2 is 2.11 bits per heavy atom. The molecular weight excluding hydrogens is 232 g/mol. The van der Waals surface area contributed by atoms with E-state index in [4.69, 9.17) is 0 Å². The van der Waals surface area contributed by atoms with E-state index in [1.807, 2.05) is 19.9 Å². The second-order valence-electron chi connectivity index (χ2n) is 4.50. The maximum absolute atomic E-state index is 10.7. The fraction of sp³-hybridized carbons (Fsp3) is 0.538. The zero-order valence-electron chi connectivity index (χ0n) is 11.0. The van der Waals surface area contributed by atoms with Gasteiger partial charge in [-0.15, -0.1) is 0 Å². The zero-order chi connectivity index (χ0) is 13.7. The van der Waals surface area contributed by atoms with Gasteiger partial charge in [-0.05, 0) is 31.4 Å². The average molecular weight is 252 g/mol. The first-order valence-corrected chi connectivity index (χ1v) is 5.95. The lowest BCUT2D eigenvalue weighted by Crippen LogP contribution is -2.28. The van der Waals surface area contributed by atoms with Gasteiger partial charge in [-0.2, -0.15) is 0 Å². The molecule has 5 nitrogen and oxygen atoms in total. The van der Waals surface area contributed by atoms with Crippen molar-refractivity contribution in [3.05, 3.63) is 29.1 Å². The molecule has 1 amide bonds. The van der Waals surface area contributed by atoms with E-state index in [0.717, 1.165) is 11.1 Å². The molecule has 0 spiro atoms.